The first kappa shape index (κ1) is 14.6. The van der Waals surface area contributed by atoms with Gasteiger partial charge in [0.1, 0.15) is 11.9 Å². The summed E-state index contributed by atoms with van der Waals surface area (Å²) < 4.78 is 41.5. The highest BCUT2D eigenvalue weighted by molar-refractivity contribution is 5.79. The Labute approximate surface area is 114 Å². The van der Waals surface area contributed by atoms with Gasteiger partial charge in [0.05, 0.1) is 18.3 Å². The van der Waals surface area contributed by atoms with E-state index in [2.05, 4.69) is 10.3 Å². The van der Waals surface area contributed by atoms with Crippen LogP contribution in [0.4, 0.5) is 13.2 Å². The average molecular weight is 284 g/mol. The first-order valence-electron chi connectivity index (χ1n) is 6.23. The molecular weight excluding hydrogens is 269 g/mol. The molecule has 0 fully saturated rings. The predicted octanol–water partition coefficient (Wildman–Crippen LogP) is 3.15. The van der Waals surface area contributed by atoms with Crippen LogP contribution in [0.15, 0.2) is 36.5 Å². The zero-order chi connectivity index (χ0) is 14.6. The second-order valence-corrected chi connectivity index (χ2v) is 4.54. The van der Waals surface area contributed by atoms with E-state index in [4.69, 9.17) is 4.74 Å². The molecule has 0 saturated carbocycles. The number of ether oxygens (including phenoxy) is 1. The molecule has 3 nitrogen and oxygen atoms in total. The van der Waals surface area contributed by atoms with Crippen LogP contribution in [0.25, 0.3) is 10.9 Å². The largest absolute Gasteiger partial charge is 0.488 e. The second-order valence-electron chi connectivity index (χ2n) is 4.54. The molecule has 1 unspecified atom stereocenters. The number of aromatic nitrogens is 1. The molecule has 0 bridgehead atoms. The summed E-state index contributed by atoms with van der Waals surface area (Å²) in [7, 11) is 0. The van der Waals surface area contributed by atoms with Crippen molar-refractivity contribution in [3.8, 4) is 5.75 Å². The fourth-order valence-corrected chi connectivity index (χ4v) is 1.81. The van der Waals surface area contributed by atoms with Crippen molar-refractivity contribution in [3.05, 3.63) is 36.5 Å². The van der Waals surface area contributed by atoms with Gasteiger partial charge in [-0.2, -0.15) is 13.2 Å². The quantitative estimate of drug-likeness (QED) is 0.915. The molecule has 1 heterocycles. The van der Waals surface area contributed by atoms with Crippen LogP contribution >= 0.6 is 0 Å². The molecule has 20 heavy (non-hydrogen) atoms. The summed E-state index contributed by atoms with van der Waals surface area (Å²) >= 11 is 0. The van der Waals surface area contributed by atoms with E-state index in [-0.39, 0.29) is 12.6 Å². The maximum absolute atomic E-state index is 12.0. The van der Waals surface area contributed by atoms with Gasteiger partial charge in [0, 0.05) is 11.9 Å². The van der Waals surface area contributed by atoms with Crippen molar-refractivity contribution in [1.82, 2.24) is 10.3 Å². The van der Waals surface area contributed by atoms with Crippen LogP contribution in [0.3, 0.4) is 0 Å². The van der Waals surface area contributed by atoms with E-state index >= 15 is 0 Å². The van der Waals surface area contributed by atoms with Crippen LogP contribution in [-0.4, -0.2) is 30.4 Å². The molecule has 2 rings (SSSR count). The third-order valence-corrected chi connectivity index (χ3v) is 2.66. The number of benzene rings is 1. The van der Waals surface area contributed by atoms with Crippen LogP contribution in [0.2, 0.25) is 0 Å². The highest BCUT2D eigenvalue weighted by atomic mass is 19.4. The molecule has 1 atom stereocenters. The summed E-state index contributed by atoms with van der Waals surface area (Å²) in [6.07, 6.45) is -3.01. The number of halogens is 3. The standard InChI is InChI=1S/C14H15F3N2O/c1-10(7-18-9-14(15,16)17)20-12-6-11-4-2-3-5-13(11)19-8-12/h2-6,8,10,18H,7,9H2,1H3. The van der Waals surface area contributed by atoms with Crippen LogP contribution in [-0.2, 0) is 0 Å². The zero-order valence-electron chi connectivity index (χ0n) is 10.9. The van der Waals surface area contributed by atoms with Crippen molar-refractivity contribution in [2.45, 2.75) is 19.2 Å². The minimum atomic E-state index is -4.20. The molecule has 1 aromatic carbocycles. The molecule has 0 aliphatic heterocycles. The van der Waals surface area contributed by atoms with Crippen LogP contribution in [0, 0.1) is 0 Å². The molecule has 1 N–H and O–H groups in total. The Morgan fingerprint density at radius 2 is 2.05 bits per heavy atom. The smallest absolute Gasteiger partial charge is 0.401 e. The maximum Gasteiger partial charge on any atom is 0.401 e. The highest BCUT2D eigenvalue weighted by Crippen LogP contribution is 2.19. The third-order valence-electron chi connectivity index (χ3n) is 2.66. The van der Waals surface area contributed by atoms with Gasteiger partial charge in [0.25, 0.3) is 0 Å². The van der Waals surface area contributed by atoms with E-state index in [0.29, 0.717) is 5.75 Å². The minimum absolute atomic E-state index is 0.117. The third kappa shape index (κ3) is 4.38. The lowest BCUT2D eigenvalue weighted by Gasteiger charge is -2.16. The molecule has 0 saturated heterocycles. The Morgan fingerprint density at radius 3 is 2.80 bits per heavy atom. The van der Waals surface area contributed by atoms with E-state index in [1.54, 1.807) is 13.1 Å². The van der Waals surface area contributed by atoms with Crippen LogP contribution < -0.4 is 10.1 Å². The summed E-state index contributed by atoms with van der Waals surface area (Å²) in [6, 6.07) is 9.39. The molecule has 0 aliphatic rings. The van der Waals surface area contributed by atoms with Crippen molar-refractivity contribution >= 4 is 10.9 Å². The normalized spacial score (nSPS) is 13.4. The minimum Gasteiger partial charge on any atom is -0.488 e. The lowest BCUT2D eigenvalue weighted by Crippen LogP contribution is -2.35. The van der Waals surface area contributed by atoms with Gasteiger partial charge in [-0.15, -0.1) is 0 Å². The van der Waals surface area contributed by atoms with Gasteiger partial charge in [-0.3, -0.25) is 4.98 Å². The number of para-hydroxylation sites is 1. The summed E-state index contributed by atoms with van der Waals surface area (Å²) in [4.78, 5) is 4.23. The Morgan fingerprint density at radius 1 is 1.30 bits per heavy atom. The second kappa shape index (κ2) is 6.09. The molecule has 0 aliphatic carbocycles. The van der Waals surface area contributed by atoms with E-state index in [1.807, 2.05) is 30.3 Å². The SMILES string of the molecule is CC(CNCC(F)(F)F)Oc1cnc2ccccc2c1. The lowest BCUT2D eigenvalue weighted by atomic mass is 10.2. The summed E-state index contributed by atoms with van der Waals surface area (Å²) in [5.74, 6) is 0.546. The summed E-state index contributed by atoms with van der Waals surface area (Å²) in [6.45, 7) is 0.807. The molecule has 6 heteroatoms. The van der Waals surface area contributed by atoms with Gasteiger partial charge >= 0.3 is 6.18 Å². The molecular formula is C14H15F3N2O. The van der Waals surface area contributed by atoms with Crippen molar-refractivity contribution in [2.24, 2.45) is 0 Å². The number of rotatable bonds is 5. The number of alkyl halides is 3. The van der Waals surface area contributed by atoms with E-state index in [0.717, 1.165) is 10.9 Å². The Kier molecular flexibility index (Phi) is 4.44. The van der Waals surface area contributed by atoms with Gasteiger partial charge < -0.3 is 10.1 Å². The zero-order valence-corrected chi connectivity index (χ0v) is 10.9. The van der Waals surface area contributed by atoms with Crippen molar-refractivity contribution in [1.29, 1.82) is 0 Å². The summed E-state index contributed by atoms with van der Waals surface area (Å²) in [5, 5.41) is 3.24. The van der Waals surface area contributed by atoms with Gasteiger partial charge in [0.15, 0.2) is 0 Å². The monoisotopic (exact) mass is 284 g/mol. The van der Waals surface area contributed by atoms with Crippen molar-refractivity contribution in [2.75, 3.05) is 13.1 Å². The lowest BCUT2D eigenvalue weighted by molar-refractivity contribution is -0.125. The van der Waals surface area contributed by atoms with E-state index in [9.17, 15) is 13.2 Å². The van der Waals surface area contributed by atoms with Crippen molar-refractivity contribution in [3.63, 3.8) is 0 Å². The molecule has 0 amide bonds. The molecule has 2 aromatic rings. The fraction of sp³-hybridized carbons (Fsp3) is 0.357. The topological polar surface area (TPSA) is 34.1 Å². The molecule has 1 aromatic heterocycles. The Balaban J connectivity index is 1.91. The van der Waals surface area contributed by atoms with Crippen molar-refractivity contribution < 1.29 is 17.9 Å². The first-order chi connectivity index (χ1) is 9.44. The highest BCUT2D eigenvalue weighted by Gasteiger charge is 2.26. The molecule has 0 radical (unpaired) electrons. The first-order valence-corrected chi connectivity index (χ1v) is 6.23. The average Bonchev–Trinajstić information content (AvgIpc) is 2.37. The number of pyridine rings is 1. The molecule has 108 valence electrons. The van der Waals surface area contributed by atoms with Crippen LogP contribution in [0.1, 0.15) is 6.92 Å². The van der Waals surface area contributed by atoms with Gasteiger partial charge in [-0.1, -0.05) is 18.2 Å². The van der Waals surface area contributed by atoms with E-state index < -0.39 is 12.7 Å². The Hall–Kier alpha value is -1.82. The molecule has 0 spiro atoms. The predicted molar refractivity (Wildman–Crippen MR) is 70.8 cm³/mol. The fourth-order valence-electron chi connectivity index (χ4n) is 1.81. The Bertz CT molecular complexity index is 572. The van der Waals surface area contributed by atoms with Gasteiger partial charge in [-0.05, 0) is 19.1 Å². The number of hydrogen-bond acceptors (Lipinski definition) is 3. The summed E-state index contributed by atoms with van der Waals surface area (Å²) in [5.41, 5.74) is 0.850. The van der Waals surface area contributed by atoms with Gasteiger partial charge in [0.2, 0.25) is 0 Å². The van der Waals surface area contributed by atoms with E-state index in [1.165, 1.54) is 0 Å². The number of nitrogens with zero attached hydrogens (tertiary/aromatic N) is 1. The maximum atomic E-state index is 12.0. The number of nitrogens with one attached hydrogen (secondary N) is 1. The van der Waals surface area contributed by atoms with Crippen LogP contribution in [0.5, 0.6) is 5.75 Å². The number of hydrogen-bond donors (Lipinski definition) is 1. The van der Waals surface area contributed by atoms with Gasteiger partial charge in [-0.25, -0.2) is 0 Å². The number of fused-ring (bicyclic) bond motifs is 1.